The number of hydrogen-bond acceptors (Lipinski definition) is 4. The molecule has 0 saturated heterocycles. The number of carbonyl (C=O) groups is 1. The van der Waals surface area contributed by atoms with Gasteiger partial charge in [0.2, 0.25) is 10.0 Å². The fourth-order valence-electron chi connectivity index (χ4n) is 3.88. The second-order valence-corrected chi connectivity index (χ2v) is 9.73. The van der Waals surface area contributed by atoms with Crippen LogP contribution in [0.1, 0.15) is 55.3 Å². The smallest absolute Gasteiger partial charge is 0.267 e. The lowest BCUT2D eigenvalue weighted by Crippen LogP contribution is -2.35. The summed E-state index contributed by atoms with van der Waals surface area (Å²) < 4.78 is 43.8. The molecule has 1 aromatic carbocycles. The molecule has 1 amide bonds. The van der Waals surface area contributed by atoms with E-state index in [0.29, 0.717) is 17.9 Å². The van der Waals surface area contributed by atoms with E-state index in [4.69, 9.17) is 16.3 Å². The fraction of sp³-hybridized carbons (Fsp3) is 0.611. The summed E-state index contributed by atoms with van der Waals surface area (Å²) in [6.07, 6.45) is 9.52. The van der Waals surface area contributed by atoms with Crippen LogP contribution in [0, 0.1) is 17.2 Å². The van der Waals surface area contributed by atoms with Crippen LogP contribution in [0.25, 0.3) is 0 Å². The summed E-state index contributed by atoms with van der Waals surface area (Å²) in [5.74, 6) is -1.34. The molecule has 2 aliphatic carbocycles. The molecule has 0 radical (unpaired) electrons. The van der Waals surface area contributed by atoms with Gasteiger partial charge in [0.05, 0.1) is 23.4 Å². The average Bonchev–Trinajstić information content (AvgIpc) is 2.52. The molecule has 1 N–H and O–H groups in total. The first kappa shape index (κ1) is 19.4. The van der Waals surface area contributed by atoms with E-state index in [-0.39, 0.29) is 10.8 Å². The van der Waals surface area contributed by atoms with Crippen LogP contribution in [0.2, 0.25) is 5.02 Å². The lowest BCUT2D eigenvalue weighted by molar-refractivity contribution is 0.0432. The Morgan fingerprint density at radius 1 is 1.31 bits per heavy atom. The molecule has 2 fully saturated rings. The van der Waals surface area contributed by atoms with Crippen LogP contribution < -0.4 is 9.46 Å². The Kier molecular flexibility index (Phi) is 5.49. The Hall–Kier alpha value is -1.34. The average molecular weight is 404 g/mol. The van der Waals surface area contributed by atoms with E-state index in [1.54, 1.807) is 4.72 Å². The van der Waals surface area contributed by atoms with Crippen LogP contribution in [0.5, 0.6) is 5.75 Å². The number of hydrogen-bond donors (Lipinski definition) is 1. The maximum Gasteiger partial charge on any atom is 0.267 e. The molecule has 2 aliphatic rings. The largest absolute Gasteiger partial charge is 0.492 e. The number of benzene rings is 1. The van der Waals surface area contributed by atoms with E-state index in [0.717, 1.165) is 31.2 Å². The van der Waals surface area contributed by atoms with Crippen molar-refractivity contribution >= 4 is 27.5 Å². The minimum Gasteiger partial charge on any atom is -0.492 e. The Bertz CT molecular complexity index is 798. The minimum absolute atomic E-state index is 0.0799. The zero-order valence-corrected chi connectivity index (χ0v) is 16.3. The lowest BCUT2D eigenvalue weighted by Gasteiger charge is -2.47. The van der Waals surface area contributed by atoms with E-state index in [1.807, 2.05) is 0 Å². The predicted octanol–water partition coefficient (Wildman–Crippen LogP) is 3.91. The number of ether oxygens (including phenoxy) is 1. The Labute approximate surface area is 158 Å². The van der Waals surface area contributed by atoms with Crippen molar-refractivity contribution in [3.63, 3.8) is 0 Å². The highest BCUT2D eigenvalue weighted by molar-refractivity contribution is 7.89. The lowest BCUT2D eigenvalue weighted by atomic mass is 9.59. The molecular formula is C18H23ClFNO4S. The molecule has 1 aromatic rings. The summed E-state index contributed by atoms with van der Waals surface area (Å²) in [6.45, 7) is 0.462. The van der Waals surface area contributed by atoms with Gasteiger partial charge in [0.15, 0.2) is 0 Å². The van der Waals surface area contributed by atoms with Crippen molar-refractivity contribution < 1.29 is 22.3 Å². The highest BCUT2D eigenvalue weighted by atomic mass is 35.5. The Morgan fingerprint density at radius 2 is 1.96 bits per heavy atom. The number of sulfonamides is 1. The molecule has 2 saturated carbocycles. The standard InChI is InChI=1S/C18H23ClFNO4S/c1-26(23,24)21-17(22)13-9-14(19)16(10-15(13)20)25-11-12-3-7-18(8-4-12)5-2-6-18/h9-10,12H,2-8,11H2,1H3,(H,21,22). The van der Waals surface area contributed by atoms with Gasteiger partial charge in [-0.05, 0) is 55.9 Å². The van der Waals surface area contributed by atoms with Crippen LogP contribution in [-0.2, 0) is 10.0 Å². The first-order valence-electron chi connectivity index (χ1n) is 8.81. The molecule has 0 aliphatic heterocycles. The zero-order chi connectivity index (χ0) is 18.9. The molecule has 0 unspecified atom stereocenters. The van der Waals surface area contributed by atoms with Gasteiger partial charge in [-0.3, -0.25) is 4.79 Å². The molecular weight excluding hydrogens is 381 g/mol. The molecule has 8 heteroatoms. The van der Waals surface area contributed by atoms with Gasteiger partial charge in [-0.15, -0.1) is 0 Å². The summed E-state index contributed by atoms with van der Waals surface area (Å²) in [5, 5.41) is 0.0799. The molecule has 0 atom stereocenters. The maximum atomic E-state index is 14.2. The van der Waals surface area contributed by atoms with Crippen molar-refractivity contribution in [1.29, 1.82) is 0 Å². The monoisotopic (exact) mass is 403 g/mol. The van der Waals surface area contributed by atoms with Gasteiger partial charge in [0.1, 0.15) is 11.6 Å². The summed E-state index contributed by atoms with van der Waals surface area (Å²) >= 11 is 6.09. The van der Waals surface area contributed by atoms with Gasteiger partial charge in [-0.1, -0.05) is 18.0 Å². The molecule has 5 nitrogen and oxygen atoms in total. The SMILES string of the molecule is CS(=O)(=O)NC(=O)c1cc(Cl)c(OCC2CCC3(CCC3)CC2)cc1F. The topological polar surface area (TPSA) is 72.5 Å². The number of carbonyl (C=O) groups excluding carboxylic acids is 1. The van der Waals surface area contributed by atoms with E-state index in [2.05, 4.69) is 0 Å². The molecule has 144 valence electrons. The van der Waals surface area contributed by atoms with Gasteiger partial charge in [-0.2, -0.15) is 0 Å². The molecule has 26 heavy (non-hydrogen) atoms. The van der Waals surface area contributed by atoms with Crippen LogP contribution in [0.15, 0.2) is 12.1 Å². The third-order valence-electron chi connectivity index (χ3n) is 5.60. The normalized spacial score (nSPS) is 19.8. The first-order valence-corrected chi connectivity index (χ1v) is 11.1. The second kappa shape index (κ2) is 7.35. The Balaban J connectivity index is 1.60. The molecule has 1 spiro atoms. The number of halogens is 2. The van der Waals surface area contributed by atoms with E-state index < -0.39 is 27.3 Å². The van der Waals surface area contributed by atoms with Gasteiger partial charge in [-0.25, -0.2) is 17.5 Å². The van der Waals surface area contributed by atoms with Crippen molar-refractivity contribution in [3.8, 4) is 5.75 Å². The third-order valence-corrected chi connectivity index (χ3v) is 6.45. The summed E-state index contributed by atoms with van der Waals surface area (Å²) in [4.78, 5) is 11.8. The van der Waals surface area contributed by atoms with Crippen molar-refractivity contribution in [1.82, 2.24) is 4.72 Å². The Morgan fingerprint density at radius 3 is 2.50 bits per heavy atom. The van der Waals surface area contributed by atoms with Crippen molar-refractivity contribution in [2.45, 2.75) is 44.9 Å². The summed E-state index contributed by atoms with van der Waals surface area (Å²) in [7, 11) is -3.78. The van der Waals surface area contributed by atoms with Crippen LogP contribution in [-0.4, -0.2) is 27.2 Å². The van der Waals surface area contributed by atoms with Gasteiger partial charge >= 0.3 is 0 Å². The van der Waals surface area contributed by atoms with Crippen LogP contribution in [0.4, 0.5) is 4.39 Å². The van der Waals surface area contributed by atoms with E-state index in [1.165, 1.54) is 32.1 Å². The zero-order valence-electron chi connectivity index (χ0n) is 14.7. The van der Waals surface area contributed by atoms with Gasteiger partial charge < -0.3 is 4.74 Å². The first-order chi connectivity index (χ1) is 12.2. The van der Waals surface area contributed by atoms with E-state index >= 15 is 0 Å². The van der Waals surface area contributed by atoms with Crippen molar-refractivity contribution in [3.05, 3.63) is 28.5 Å². The van der Waals surface area contributed by atoms with Gasteiger partial charge in [0, 0.05) is 6.07 Å². The predicted molar refractivity (Wildman–Crippen MR) is 97.5 cm³/mol. The number of nitrogens with one attached hydrogen (secondary N) is 1. The molecule has 0 heterocycles. The maximum absolute atomic E-state index is 14.2. The summed E-state index contributed by atoms with van der Waals surface area (Å²) in [5.41, 5.74) is 0.145. The van der Waals surface area contributed by atoms with Gasteiger partial charge in [0.25, 0.3) is 5.91 Å². The van der Waals surface area contributed by atoms with Crippen LogP contribution >= 0.6 is 11.6 Å². The minimum atomic E-state index is -3.78. The highest BCUT2D eigenvalue weighted by Crippen LogP contribution is 2.52. The quantitative estimate of drug-likeness (QED) is 0.809. The number of amides is 1. The van der Waals surface area contributed by atoms with Crippen LogP contribution in [0.3, 0.4) is 0 Å². The fourth-order valence-corrected chi connectivity index (χ4v) is 4.54. The second-order valence-electron chi connectivity index (χ2n) is 7.57. The third kappa shape index (κ3) is 4.49. The number of rotatable bonds is 5. The van der Waals surface area contributed by atoms with Crippen molar-refractivity contribution in [2.75, 3.05) is 12.9 Å². The van der Waals surface area contributed by atoms with Crippen molar-refractivity contribution in [2.24, 2.45) is 11.3 Å². The molecule has 3 rings (SSSR count). The van der Waals surface area contributed by atoms with E-state index in [9.17, 15) is 17.6 Å². The molecule has 0 aromatic heterocycles. The summed E-state index contributed by atoms with van der Waals surface area (Å²) in [6, 6.07) is 2.13. The highest BCUT2D eigenvalue weighted by Gasteiger charge is 2.40. The molecule has 0 bridgehead atoms.